The van der Waals surface area contributed by atoms with Crippen LogP contribution in [0.4, 0.5) is 10.2 Å². The van der Waals surface area contributed by atoms with Crippen molar-refractivity contribution in [3.8, 4) is 11.3 Å². The van der Waals surface area contributed by atoms with Crippen LogP contribution >= 0.6 is 0 Å². The second-order valence-corrected chi connectivity index (χ2v) is 6.82. The smallest absolute Gasteiger partial charge is 0.259 e. The maximum absolute atomic E-state index is 14.5. The highest BCUT2D eigenvalue weighted by Gasteiger charge is 2.20. The molecule has 30 heavy (non-hydrogen) atoms. The molecule has 4 rings (SSSR count). The molecular formula is C20H11B4FN4O. The maximum atomic E-state index is 14.5. The molecule has 0 saturated heterocycles. The first-order valence-electron chi connectivity index (χ1n) is 8.87. The van der Waals surface area contributed by atoms with E-state index in [4.69, 9.17) is 31.4 Å². The van der Waals surface area contributed by atoms with Gasteiger partial charge in [-0.15, -0.1) is 10.9 Å². The number of amides is 1. The third-order valence-corrected chi connectivity index (χ3v) is 4.90. The fourth-order valence-electron chi connectivity index (χ4n) is 3.20. The Morgan fingerprint density at radius 1 is 1.00 bits per heavy atom. The first kappa shape index (κ1) is 20.0. The van der Waals surface area contributed by atoms with Gasteiger partial charge < -0.3 is 9.88 Å². The van der Waals surface area contributed by atoms with Gasteiger partial charge in [0.25, 0.3) is 5.91 Å². The molecule has 0 aliphatic rings. The van der Waals surface area contributed by atoms with Crippen LogP contribution in [0, 0.1) is 5.82 Å². The van der Waals surface area contributed by atoms with E-state index in [1.807, 2.05) is 29.8 Å². The lowest BCUT2D eigenvalue weighted by Gasteiger charge is -2.17. The third kappa shape index (κ3) is 3.32. The minimum absolute atomic E-state index is 0.147. The monoisotopic (exact) mass is 386 g/mol. The average molecular weight is 386 g/mol. The van der Waals surface area contributed by atoms with Crippen molar-refractivity contribution < 1.29 is 9.18 Å². The molecule has 0 bridgehead atoms. The van der Waals surface area contributed by atoms with Crippen LogP contribution in [0.1, 0.15) is 10.4 Å². The van der Waals surface area contributed by atoms with Crippen LogP contribution in [0.15, 0.2) is 43.0 Å². The Labute approximate surface area is 177 Å². The lowest BCUT2D eigenvalue weighted by atomic mass is 9.65. The number of aromatic nitrogens is 3. The van der Waals surface area contributed by atoms with Gasteiger partial charge >= 0.3 is 0 Å². The van der Waals surface area contributed by atoms with Crippen molar-refractivity contribution >= 4 is 75.7 Å². The molecule has 2 aromatic heterocycles. The Kier molecular flexibility index (Phi) is 5.02. The van der Waals surface area contributed by atoms with E-state index < -0.39 is 22.8 Å². The highest BCUT2D eigenvalue weighted by Crippen LogP contribution is 2.25. The van der Waals surface area contributed by atoms with Gasteiger partial charge in [-0.2, -0.15) is 0 Å². The fraction of sp³-hybridized carbons (Fsp3) is 0.0500. The number of carbonyl (C=O) groups excluding carboxylic acids is 1. The minimum atomic E-state index is -1.03. The molecule has 0 aliphatic carbocycles. The number of hydrogen-bond donors (Lipinski definition) is 1. The molecule has 0 aliphatic heterocycles. The highest BCUT2D eigenvalue weighted by molar-refractivity contribution is 6.63. The van der Waals surface area contributed by atoms with Crippen LogP contribution in [0.3, 0.4) is 0 Å². The van der Waals surface area contributed by atoms with Crippen molar-refractivity contribution in [3.63, 3.8) is 0 Å². The summed E-state index contributed by atoms with van der Waals surface area (Å²) in [6.45, 7) is 0. The third-order valence-electron chi connectivity index (χ3n) is 4.90. The highest BCUT2D eigenvalue weighted by atomic mass is 19.1. The molecule has 136 valence electrons. The van der Waals surface area contributed by atoms with Crippen molar-refractivity contribution in [1.29, 1.82) is 0 Å². The van der Waals surface area contributed by atoms with Gasteiger partial charge in [0.05, 0.1) is 23.8 Å². The number of fused-ring (bicyclic) bond motifs is 1. The van der Waals surface area contributed by atoms with Crippen LogP contribution in [-0.4, -0.2) is 51.8 Å². The fourth-order valence-corrected chi connectivity index (χ4v) is 3.20. The van der Waals surface area contributed by atoms with Crippen LogP contribution in [0.5, 0.6) is 0 Å². The number of anilines is 1. The van der Waals surface area contributed by atoms with E-state index in [9.17, 15) is 9.18 Å². The zero-order valence-corrected chi connectivity index (χ0v) is 16.0. The van der Waals surface area contributed by atoms with E-state index in [-0.39, 0.29) is 22.2 Å². The number of rotatable bonds is 3. The Morgan fingerprint density at radius 3 is 2.43 bits per heavy atom. The standard InChI is InChI=1S/C20H11B4FN4O/c1-29-8-26-7-12(29)9-2-3-10-6-27-13(5-11(10)4-9)28-20(30)14-15(21)16(22)17(23)18(24)19(14)25/h2-8H,1H3,(H,27,28,30). The molecule has 1 N–H and O–H groups in total. The summed E-state index contributed by atoms with van der Waals surface area (Å²) < 4.78 is 16.4. The van der Waals surface area contributed by atoms with Crippen molar-refractivity contribution in [2.45, 2.75) is 0 Å². The van der Waals surface area contributed by atoms with Gasteiger partial charge in [-0.05, 0) is 17.5 Å². The molecule has 0 atom stereocenters. The Bertz CT molecular complexity index is 1290. The second kappa shape index (κ2) is 7.52. The number of pyridine rings is 1. The first-order valence-corrected chi connectivity index (χ1v) is 8.87. The zero-order valence-electron chi connectivity index (χ0n) is 16.0. The summed E-state index contributed by atoms with van der Waals surface area (Å²) in [5.41, 5.74) is 0.335. The summed E-state index contributed by atoms with van der Waals surface area (Å²) in [5.74, 6) is -1.66. The van der Waals surface area contributed by atoms with E-state index in [2.05, 4.69) is 15.3 Å². The number of carbonyl (C=O) groups is 1. The number of aryl methyl sites for hydroxylation is 1. The van der Waals surface area contributed by atoms with Gasteiger partial charge in [-0.3, -0.25) is 4.79 Å². The number of halogens is 1. The number of hydrogen-bond acceptors (Lipinski definition) is 3. The number of nitrogens with zero attached hydrogens (tertiary/aromatic N) is 3. The number of benzene rings is 2. The van der Waals surface area contributed by atoms with Crippen molar-refractivity contribution in [3.05, 3.63) is 54.4 Å². The number of imidazole rings is 1. The van der Waals surface area contributed by atoms with Crippen molar-refractivity contribution in [2.75, 3.05) is 5.32 Å². The summed E-state index contributed by atoms with van der Waals surface area (Å²) in [7, 11) is 24.6. The molecule has 0 saturated carbocycles. The summed E-state index contributed by atoms with van der Waals surface area (Å²) in [5, 5.41) is 4.22. The van der Waals surface area contributed by atoms with Crippen LogP contribution in [-0.2, 0) is 7.05 Å². The zero-order chi connectivity index (χ0) is 21.6. The predicted octanol–water partition coefficient (Wildman–Crippen LogP) is -0.798. The molecule has 10 heteroatoms. The van der Waals surface area contributed by atoms with Gasteiger partial charge in [0.2, 0.25) is 0 Å². The molecular weight excluding hydrogens is 374 g/mol. The summed E-state index contributed by atoms with van der Waals surface area (Å²) in [6.07, 6.45) is 5.07. The van der Waals surface area contributed by atoms with E-state index in [1.54, 1.807) is 24.8 Å². The maximum Gasteiger partial charge on any atom is 0.259 e. The first-order chi connectivity index (χ1) is 14.3. The molecule has 0 fully saturated rings. The van der Waals surface area contributed by atoms with Crippen LogP contribution in [0.25, 0.3) is 22.0 Å². The van der Waals surface area contributed by atoms with Crippen molar-refractivity contribution in [1.82, 2.24) is 14.5 Å². The Hall–Kier alpha value is -3.28. The van der Waals surface area contributed by atoms with Gasteiger partial charge in [-0.1, -0.05) is 23.1 Å². The molecule has 2 aromatic carbocycles. The topological polar surface area (TPSA) is 59.8 Å². The summed E-state index contributed by atoms with van der Waals surface area (Å²) in [4.78, 5) is 21.0. The van der Waals surface area contributed by atoms with E-state index in [0.29, 0.717) is 0 Å². The van der Waals surface area contributed by atoms with E-state index in [1.165, 1.54) is 0 Å². The van der Waals surface area contributed by atoms with Crippen molar-refractivity contribution in [2.24, 2.45) is 7.05 Å². The van der Waals surface area contributed by atoms with Crippen LogP contribution < -0.4 is 27.2 Å². The number of nitrogens with one attached hydrogen (secondary N) is 1. The minimum Gasteiger partial charge on any atom is -0.334 e. The Morgan fingerprint density at radius 2 is 1.73 bits per heavy atom. The van der Waals surface area contributed by atoms with Gasteiger partial charge in [0.15, 0.2) is 0 Å². The second-order valence-electron chi connectivity index (χ2n) is 6.82. The molecule has 0 unspecified atom stereocenters. The molecule has 5 nitrogen and oxygen atoms in total. The van der Waals surface area contributed by atoms with E-state index in [0.717, 1.165) is 22.0 Å². The van der Waals surface area contributed by atoms with Gasteiger partial charge in [-0.25, -0.2) is 14.4 Å². The molecule has 8 radical (unpaired) electrons. The molecule has 0 spiro atoms. The normalized spacial score (nSPS) is 11.0. The van der Waals surface area contributed by atoms with Gasteiger partial charge in [0, 0.05) is 24.2 Å². The summed E-state index contributed by atoms with van der Waals surface area (Å²) in [6, 6.07) is 7.48. The molecule has 4 aromatic rings. The molecule has 1 amide bonds. The van der Waals surface area contributed by atoms with E-state index >= 15 is 0 Å². The van der Waals surface area contributed by atoms with Gasteiger partial charge in [0.1, 0.15) is 43.0 Å². The SMILES string of the molecule is [B]c1c([B])c([B])c(C(=O)Nc2cc3cc(-c4cncn4C)ccc3cn2)c(F)c1[B]. The lowest BCUT2D eigenvalue weighted by Crippen LogP contribution is -2.52. The largest absolute Gasteiger partial charge is 0.334 e. The Balaban J connectivity index is 1.71. The predicted molar refractivity (Wildman–Crippen MR) is 120 cm³/mol. The lowest BCUT2D eigenvalue weighted by molar-refractivity contribution is 0.102. The quantitative estimate of drug-likeness (QED) is 0.470. The average Bonchev–Trinajstić information content (AvgIpc) is 3.16. The molecule has 2 heterocycles. The summed E-state index contributed by atoms with van der Waals surface area (Å²) >= 11 is 0. The van der Waals surface area contributed by atoms with Crippen LogP contribution in [0.2, 0.25) is 0 Å².